The summed E-state index contributed by atoms with van der Waals surface area (Å²) in [5.74, 6) is 0. The van der Waals surface area contributed by atoms with E-state index in [-0.39, 0.29) is 0 Å². The van der Waals surface area contributed by atoms with Crippen LogP contribution in [-0.2, 0) is 6.54 Å². The van der Waals surface area contributed by atoms with Crippen LogP contribution in [0.4, 0.5) is 5.69 Å². The van der Waals surface area contributed by atoms with E-state index in [1.807, 2.05) is 48.5 Å². The number of hydrogen-bond acceptors (Lipinski definition) is 3. The molecular weight excluding hydrogens is 264 g/mol. The highest BCUT2D eigenvalue weighted by atomic mass is 35.5. The lowest BCUT2D eigenvalue weighted by atomic mass is 10.3. The van der Waals surface area contributed by atoms with Crippen molar-refractivity contribution in [1.82, 2.24) is 4.98 Å². The molecule has 0 saturated heterocycles. The number of thiazole rings is 1. The Hall–Kier alpha value is -1.58. The van der Waals surface area contributed by atoms with Crippen molar-refractivity contribution in [3.63, 3.8) is 0 Å². The van der Waals surface area contributed by atoms with Crippen LogP contribution >= 0.6 is 22.9 Å². The highest BCUT2D eigenvalue weighted by molar-refractivity contribution is 7.18. The second-order valence-corrected chi connectivity index (χ2v) is 5.49. The summed E-state index contributed by atoms with van der Waals surface area (Å²) in [6, 6.07) is 15.9. The van der Waals surface area contributed by atoms with E-state index < -0.39 is 0 Å². The molecule has 0 aliphatic rings. The topological polar surface area (TPSA) is 24.9 Å². The van der Waals surface area contributed by atoms with Gasteiger partial charge in [-0.1, -0.05) is 29.8 Å². The summed E-state index contributed by atoms with van der Waals surface area (Å²) in [5.41, 5.74) is 2.11. The average molecular weight is 275 g/mol. The van der Waals surface area contributed by atoms with Crippen molar-refractivity contribution >= 4 is 38.8 Å². The molecular formula is C14H11ClN2S. The number of nitrogens with one attached hydrogen (secondary N) is 1. The predicted molar refractivity (Wildman–Crippen MR) is 78.4 cm³/mol. The van der Waals surface area contributed by atoms with Crippen LogP contribution < -0.4 is 5.32 Å². The SMILES string of the molecule is Clc1ccc2nc(CNc3ccccc3)sc2c1. The van der Waals surface area contributed by atoms with Crippen molar-refractivity contribution in [2.45, 2.75) is 6.54 Å². The molecule has 0 amide bonds. The van der Waals surface area contributed by atoms with Crippen LogP contribution in [0.1, 0.15) is 5.01 Å². The summed E-state index contributed by atoms with van der Waals surface area (Å²) in [5, 5.41) is 5.18. The van der Waals surface area contributed by atoms with Gasteiger partial charge in [-0.3, -0.25) is 0 Å². The van der Waals surface area contributed by atoms with Crippen LogP contribution in [0.5, 0.6) is 0 Å². The maximum atomic E-state index is 5.96. The Morgan fingerprint density at radius 2 is 1.94 bits per heavy atom. The summed E-state index contributed by atoms with van der Waals surface area (Å²) >= 11 is 7.64. The van der Waals surface area contributed by atoms with Crippen LogP contribution in [0.2, 0.25) is 5.02 Å². The molecule has 1 N–H and O–H groups in total. The molecule has 0 aliphatic heterocycles. The molecule has 2 nitrogen and oxygen atoms in total. The Bertz CT molecular complexity index is 664. The van der Waals surface area contributed by atoms with Gasteiger partial charge in [0.15, 0.2) is 0 Å². The summed E-state index contributed by atoms with van der Waals surface area (Å²) in [7, 11) is 0. The zero-order chi connectivity index (χ0) is 12.4. The molecule has 3 rings (SSSR count). The molecule has 18 heavy (non-hydrogen) atoms. The number of nitrogens with zero attached hydrogens (tertiary/aromatic N) is 1. The Morgan fingerprint density at radius 1 is 1.11 bits per heavy atom. The monoisotopic (exact) mass is 274 g/mol. The Labute approximate surface area is 114 Å². The summed E-state index contributed by atoms with van der Waals surface area (Å²) in [6.45, 7) is 0.737. The minimum absolute atomic E-state index is 0.737. The van der Waals surface area contributed by atoms with Crippen LogP contribution in [-0.4, -0.2) is 4.98 Å². The maximum Gasteiger partial charge on any atom is 0.113 e. The van der Waals surface area contributed by atoms with E-state index in [2.05, 4.69) is 10.3 Å². The van der Waals surface area contributed by atoms with Crippen molar-refractivity contribution in [2.24, 2.45) is 0 Å². The van der Waals surface area contributed by atoms with Gasteiger partial charge in [0.25, 0.3) is 0 Å². The number of aromatic nitrogens is 1. The minimum Gasteiger partial charge on any atom is -0.379 e. The van der Waals surface area contributed by atoms with Gasteiger partial charge in [0, 0.05) is 10.7 Å². The zero-order valence-corrected chi connectivity index (χ0v) is 11.1. The third kappa shape index (κ3) is 2.47. The average Bonchev–Trinajstić information content (AvgIpc) is 2.79. The molecule has 1 aromatic heterocycles. The Kier molecular flexibility index (Phi) is 3.17. The van der Waals surface area contributed by atoms with Gasteiger partial charge < -0.3 is 5.32 Å². The molecule has 0 saturated carbocycles. The lowest BCUT2D eigenvalue weighted by Crippen LogP contribution is -1.97. The van der Waals surface area contributed by atoms with Crippen LogP contribution in [0.25, 0.3) is 10.2 Å². The number of halogens is 1. The van der Waals surface area contributed by atoms with E-state index in [0.717, 1.165) is 32.5 Å². The molecule has 0 fully saturated rings. The molecule has 0 spiro atoms. The molecule has 0 bridgehead atoms. The van der Waals surface area contributed by atoms with Crippen LogP contribution in [0.3, 0.4) is 0 Å². The number of hydrogen-bond donors (Lipinski definition) is 1. The van der Waals surface area contributed by atoms with E-state index in [1.54, 1.807) is 11.3 Å². The molecule has 4 heteroatoms. The van der Waals surface area contributed by atoms with Crippen molar-refractivity contribution in [2.75, 3.05) is 5.32 Å². The fraction of sp³-hybridized carbons (Fsp3) is 0.0714. The Morgan fingerprint density at radius 3 is 2.78 bits per heavy atom. The second-order valence-electron chi connectivity index (χ2n) is 3.94. The summed E-state index contributed by atoms with van der Waals surface area (Å²) < 4.78 is 1.13. The molecule has 3 aromatic rings. The highest BCUT2D eigenvalue weighted by Crippen LogP contribution is 2.25. The molecule has 0 radical (unpaired) electrons. The van der Waals surface area contributed by atoms with E-state index >= 15 is 0 Å². The van der Waals surface area contributed by atoms with Gasteiger partial charge >= 0.3 is 0 Å². The van der Waals surface area contributed by atoms with Gasteiger partial charge in [-0.15, -0.1) is 11.3 Å². The van der Waals surface area contributed by atoms with E-state index in [4.69, 9.17) is 11.6 Å². The van der Waals surface area contributed by atoms with Crippen LogP contribution in [0.15, 0.2) is 48.5 Å². The summed E-state index contributed by atoms with van der Waals surface area (Å²) in [6.07, 6.45) is 0. The lowest BCUT2D eigenvalue weighted by molar-refractivity contribution is 1.12. The molecule has 0 unspecified atom stereocenters. The lowest BCUT2D eigenvalue weighted by Gasteiger charge is -2.02. The normalized spacial score (nSPS) is 10.7. The van der Waals surface area contributed by atoms with Gasteiger partial charge in [-0.2, -0.15) is 0 Å². The van der Waals surface area contributed by atoms with Gasteiger partial charge in [-0.25, -0.2) is 4.98 Å². The van der Waals surface area contributed by atoms with Gasteiger partial charge in [0.1, 0.15) is 5.01 Å². The van der Waals surface area contributed by atoms with E-state index in [1.165, 1.54) is 0 Å². The highest BCUT2D eigenvalue weighted by Gasteiger charge is 2.04. The Balaban J connectivity index is 1.79. The second kappa shape index (κ2) is 4.96. The molecule has 0 atom stereocenters. The molecule has 1 heterocycles. The van der Waals surface area contributed by atoms with Gasteiger partial charge in [0.05, 0.1) is 16.8 Å². The van der Waals surface area contributed by atoms with Crippen molar-refractivity contribution < 1.29 is 0 Å². The predicted octanol–water partition coefficient (Wildman–Crippen LogP) is 4.56. The zero-order valence-electron chi connectivity index (χ0n) is 9.56. The van der Waals surface area contributed by atoms with Crippen molar-refractivity contribution in [1.29, 1.82) is 0 Å². The van der Waals surface area contributed by atoms with Gasteiger partial charge in [0.2, 0.25) is 0 Å². The third-order valence-electron chi connectivity index (χ3n) is 2.61. The number of benzene rings is 2. The maximum absolute atomic E-state index is 5.96. The fourth-order valence-electron chi connectivity index (χ4n) is 1.76. The smallest absolute Gasteiger partial charge is 0.113 e. The first-order valence-electron chi connectivity index (χ1n) is 5.65. The summed E-state index contributed by atoms with van der Waals surface area (Å²) in [4.78, 5) is 4.57. The van der Waals surface area contributed by atoms with Crippen LogP contribution in [0, 0.1) is 0 Å². The fourth-order valence-corrected chi connectivity index (χ4v) is 2.94. The first-order chi connectivity index (χ1) is 8.81. The number of para-hydroxylation sites is 1. The molecule has 2 aromatic carbocycles. The number of anilines is 1. The first kappa shape index (κ1) is 11.5. The molecule has 0 aliphatic carbocycles. The van der Waals surface area contributed by atoms with Gasteiger partial charge in [-0.05, 0) is 30.3 Å². The third-order valence-corrected chi connectivity index (χ3v) is 3.87. The number of fused-ring (bicyclic) bond motifs is 1. The van der Waals surface area contributed by atoms with E-state index in [9.17, 15) is 0 Å². The van der Waals surface area contributed by atoms with Crippen molar-refractivity contribution in [3.8, 4) is 0 Å². The minimum atomic E-state index is 0.737. The van der Waals surface area contributed by atoms with Crippen molar-refractivity contribution in [3.05, 3.63) is 58.6 Å². The molecule has 90 valence electrons. The number of rotatable bonds is 3. The standard InChI is InChI=1S/C14H11ClN2S/c15-10-6-7-12-13(8-10)18-14(17-12)9-16-11-4-2-1-3-5-11/h1-8,16H,9H2. The first-order valence-corrected chi connectivity index (χ1v) is 6.84. The van der Waals surface area contributed by atoms with E-state index in [0.29, 0.717) is 0 Å². The largest absolute Gasteiger partial charge is 0.379 e. The quantitative estimate of drug-likeness (QED) is 0.757.